The van der Waals surface area contributed by atoms with Crippen molar-refractivity contribution in [2.75, 3.05) is 0 Å². The third kappa shape index (κ3) is 7.28. The maximum Gasteiger partial charge on any atom is 0.247 e. The fraction of sp³-hybridized carbons (Fsp3) is 1.00. The van der Waals surface area contributed by atoms with E-state index >= 15 is 0 Å². The van der Waals surface area contributed by atoms with Crippen molar-refractivity contribution in [2.45, 2.75) is 71.6 Å². The lowest BCUT2D eigenvalue weighted by Crippen LogP contribution is -2.21. The van der Waals surface area contributed by atoms with Crippen LogP contribution in [0.5, 0.6) is 0 Å². The highest BCUT2D eigenvalue weighted by molar-refractivity contribution is 4.67. The van der Waals surface area contributed by atoms with E-state index in [1.807, 2.05) is 0 Å². The first-order chi connectivity index (χ1) is 6.48. The molecule has 0 aliphatic heterocycles. The van der Waals surface area contributed by atoms with Crippen molar-refractivity contribution in [2.24, 2.45) is 5.92 Å². The lowest BCUT2D eigenvalue weighted by molar-refractivity contribution is -0.0360. The topological polar surface area (TPSA) is 0 Å². The second-order valence-electron chi connectivity index (χ2n) is 4.41. The monoisotopic (exact) mass is 206 g/mol. The SMILES string of the molecule is CCCCCCCCC(C)C(C)(F)F. The van der Waals surface area contributed by atoms with Crippen LogP contribution < -0.4 is 0 Å². The first kappa shape index (κ1) is 13.9. The number of halogens is 2. The molecule has 1 atom stereocenters. The number of rotatable bonds is 8. The van der Waals surface area contributed by atoms with E-state index in [0.29, 0.717) is 6.42 Å². The van der Waals surface area contributed by atoms with Crippen LogP contribution in [0, 0.1) is 5.92 Å². The molecule has 0 spiro atoms. The number of alkyl halides is 2. The quantitative estimate of drug-likeness (QED) is 0.489. The minimum atomic E-state index is -2.50. The Morgan fingerprint density at radius 3 is 2.00 bits per heavy atom. The molecule has 0 saturated carbocycles. The van der Waals surface area contributed by atoms with Crippen molar-refractivity contribution in [3.63, 3.8) is 0 Å². The van der Waals surface area contributed by atoms with Crippen LogP contribution in [-0.4, -0.2) is 5.92 Å². The van der Waals surface area contributed by atoms with Gasteiger partial charge in [0.25, 0.3) is 0 Å². The Morgan fingerprint density at radius 1 is 1.00 bits per heavy atom. The van der Waals surface area contributed by atoms with Gasteiger partial charge in [-0.15, -0.1) is 0 Å². The Hall–Kier alpha value is -0.140. The fourth-order valence-corrected chi connectivity index (χ4v) is 1.48. The van der Waals surface area contributed by atoms with Gasteiger partial charge in [-0.25, -0.2) is 8.78 Å². The van der Waals surface area contributed by atoms with Gasteiger partial charge in [-0.3, -0.25) is 0 Å². The first-order valence-electron chi connectivity index (χ1n) is 5.86. The standard InChI is InChI=1S/C12H24F2/c1-4-5-6-7-8-9-10-11(2)12(3,13)14/h11H,4-10H2,1-3H3. The van der Waals surface area contributed by atoms with E-state index in [-0.39, 0.29) is 0 Å². The molecule has 0 rings (SSSR count). The van der Waals surface area contributed by atoms with Gasteiger partial charge in [-0.1, -0.05) is 52.4 Å². The fourth-order valence-electron chi connectivity index (χ4n) is 1.48. The van der Waals surface area contributed by atoms with Crippen LogP contribution in [0.15, 0.2) is 0 Å². The average molecular weight is 206 g/mol. The molecule has 0 aromatic heterocycles. The van der Waals surface area contributed by atoms with Crippen LogP contribution in [0.2, 0.25) is 0 Å². The number of unbranched alkanes of at least 4 members (excludes halogenated alkanes) is 5. The molecule has 0 fully saturated rings. The molecule has 14 heavy (non-hydrogen) atoms. The zero-order valence-corrected chi connectivity index (χ0v) is 9.78. The van der Waals surface area contributed by atoms with Gasteiger partial charge in [0.15, 0.2) is 0 Å². The smallest absolute Gasteiger partial charge is 0.207 e. The van der Waals surface area contributed by atoms with Gasteiger partial charge in [-0.05, 0) is 13.3 Å². The van der Waals surface area contributed by atoms with E-state index in [2.05, 4.69) is 6.92 Å². The summed E-state index contributed by atoms with van der Waals surface area (Å²) < 4.78 is 25.5. The molecule has 0 radical (unpaired) electrons. The van der Waals surface area contributed by atoms with Gasteiger partial charge in [-0.2, -0.15) is 0 Å². The van der Waals surface area contributed by atoms with Gasteiger partial charge < -0.3 is 0 Å². The van der Waals surface area contributed by atoms with Gasteiger partial charge in [0, 0.05) is 5.92 Å². The molecular formula is C12H24F2. The van der Waals surface area contributed by atoms with Crippen molar-refractivity contribution in [1.82, 2.24) is 0 Å². The molecular weight excluding hydrogens is 182 g/mol. The Labute approximate surface area is 87.1 Å². The molecule has 0 amide bonds. The predicted octanol–water partition coefficient (Wildman–Crippen LogP) is 5.03. The zero-order valence-electron chi connectivity index (χ0n) is 9.78. The van der Waals surface area contributed by atoms with Crippen molar-refractivity contribution < 1.29 is 8.78 Å². The summed E-state index contributed by atoms with van der Waals surface area (Å²) in [5.41, 5.74) is 0. The number of hydrogen-bond acceptors (Lipinski definition) is 0. The minimum Gasteiger partial charge on any atom is -0.207 e. The van der Waals surface area contributed by atoms with Crippen LogP contribution in [-0.2, 0) is 0 Å². The molecule has 0 aliphatic carbocycles. The maximum absolute atomic E-state index is 12.7. The van der Waals surface area contributed by atoms with Crippen molar-refractivity contribution >= 4 is 0 Å². The molecule has 0 bridgehead atoms. The maximum atomic E-state index is 12.7. The minimum absolute atomic E-state index is 0.464. The first-order valence-corrected chi connectivity index (χ1v) is 5.86. The van der Waals surface area contributed by atoms with Crippen LogP contribution in [0.3, 0.4) is 0 Å². The summed E-state index contributed by atoms with van der Waals surface area (Å²) in [7, 11) is 0. The van der Waals surface area contributed by atoms with Crippen molar-refractivity contribution in [1.29, 1.82) is 0 Å². The Bertz CT molecular complexity index is 127. The van der Waals surface area contributed by atoms with Crippen LogP contribution in [0.4, 0.5) is 8.78 Å². The van der Waals surface area contributed by atoms with Gasteiger partial charge in [0.1, 0.15) is 0 Å². The Kier molecular flexibility index (Phi) is 7.12. The van der Waals surface area contributed by atoms with Crippen LogP contribution >= 0.6 is 0 Å². The Balaban J connectivity index is 3.28. The second-order valence-corrected chi connectivity index (χ2v) is 4.41. The largest absolute Gasteiger partial charge is 0.247 e. The highest BCUT2D eigenvalue weighted by Gasteiger charge is 2.28. The van der Waals surface area contributed by atoms with Crippen LogP contribution in [0.25, 0.3) is 0 Å². The third-order valence-electron chi connectivity index (χ3n) is 2.86. The molecule has 0 heterocycles. The summed E-state index contributed by atoms with van der Waals surface area (Å²) in [5, 5.41) is 0. The summed E-state index contributed by atoms with van der Waals surface area (Å²) in [4.78, 5) is 0. The molecule has 1 unspecified atom stereocenters. The van der Waals surface area contributed by atoms with Gasteiger partial charge in [0.05, 0.1) is 0 Å². The van der Waals surface area contributed by atoms with E-state index < -0.39 is 11.8 Å². The van der Waals surface area contributed by atoms with Gasteiger partial charge in [0.2, 0.25) is 5.92 Å². The zero-order chi connectivity index (χ0) is 11.0. The van der Waals surface area contributed by atoms with Crippen molar-refractivity contribution in [3.8, 4) is 0 Å². The Morgan fingerprint density at radius 2 is 1.50 bits per heavy atom. The summed E-state index contributed by atoms with van der Waals surface area (Å²) >= 11 is 0. The molecule has 0 nitrogen and oxygen atoms in total. The van der Waals surface area contributed by atoms with E-state index in [1.165, 1.54) is 25.7 Å². The summed E-state index contributed by atoms with van der Waals surface area (Å²) in [5.74, 6) is -2.96. The highest BCUT2D eigenvalue weighted by Crippen LogP contribution is 2.27. The molecule has 86 valence electrons. The van der Waals surface area contributed by atoms with Crippen LogP contribution in [0.1, 0.15) is 65.7 Å². The number of hydrogen-bond donors (Lipinski definition) is 0. The lowest BCUT2D eigenvalue weighted by Gasteiger charge is -2.18. The highest BCUT2D eigenvalue weighted by atomic mass is 19.3. The third-order valence-corrected chi connectivity index (χ3v) is 2.86. The summed E-state index contributed by atoms with van der Waals surface area (Å²) in [6, 6.07) is 0. The van der Waals surface area contributed by atoms with Gasteiger partial charge >= 0.3 is 0 Å². The lowest BCUT2D eigenvalue weighted by atomic mass is 9.97. The molecule has 0 aliphatic rings. The molecule has 0 aromatic rings. The molecule has 0 saturated heterocycles. The average Bonchev–Trinajstić information content (AvgIpc) is 2.09. The molecule has 0 N–H and O–H groups in total. The summed E-state index contributed by atoms with van der Waals surface area (Å²) in [6.07, 6.45) is 7.70. The van der Waals surface area contributed by atoms with Crippen molar-refractivity contribution in [3.05, 3.63) is 0 Å². The second kappa shape index (κ2) is 7.19. The van der Waals surface area contributed by atoms with E-state index in [9.17, 15) is 8.78 Å². The normalized spacial score (nSPS) is 14.4. The van der Waals surface area contributed by atoms with E-state index in [1.54, 1.807) is 6.92 Å². The van der Waals surface area contributed by atoms with E-state index in [0.717, 1.165) is 19.8 Å². The summed E-state index contributed by atoms with van der Waals surface area (Å²) in [6.45, 7) is 4.85. The van der Waals surface area contributed by atoms with E-state index in [4.69, 9.17) is 0 Å². The molecule has 0 aromatic carbocycles. The molecule has 2 heteroatoms. The predicted molar refractivity (Wildman–Crippen MR) is 57.8 cm³/mol.